The van der Waals surface area contributed by atoms with Crippen molar-refractivity contribution >= 4 is 5.78 Å². The molecule has 0 unspecified atom stereocenters. The highest BCUT2D eigenvalue weighted by Crippen LogP contribution is 2.22. The number of benzene rings is 2. The molecule has 0 aliphatic rings. The monoisotopic (exact) mass is 280 g/mol. The summed E-state index contributed by atoms with van der Waals surface area (Å²) in [5.41, 5.74) is 4.73. The first-order valence-electron chi connectivity index (χ1n) is 7.56. The van der Waals surface area contributed by atoms with E-state index in [1.165, 1.54) is 16.7 Å². The zero-order valence-electron chi connectivity index (χ0n) is 13.4. The minimum absolute atomic E-state index is 0.128. The Labute approximate surface area is 128 Å². The molecule has 110 valence electrons. The normalized spacial score (nSPS) is 11.4. The Morgan fingerprint density at radius 2 is 1.57 bits per heavy atom. The van der Waals surface area contributed by atoms with E-state index in [4.69, 9.17) is 0 Å². The highest BCUT2D eigenvalue weighted by molar-refractivity contribution is 5.96. The molecular formula is C20H24O. The summed E-state index contributed by atoms with van der Waals surface area (Å²) in [4.78, 5) is 12.3. The zero-order chi connectivity index (χ0) is 15.5. The molecule has 2 rings (SSSR count). The molecule has 21 heavy (non-hydrogen) atoms. The summed E-state index contributed by atoms with van der Waals surface area (Å²) < 4.78 is 0. The smallest absolute Gasteiger partial charge is 0.163 e. The summed E-state index contributed by atoms with van der Waals surface area (Å²) in [6.45, 7) is 8.64. The van der Waals surface area contributed by atoms with Crippen molar-refractivity contribution in [3.8, 4) is 0 Å². The maximum Gasteiger partial charge on any atom is 0.163 e. The molecule has 0 saturated carbocycles. The Morgan fingerprint density at radius 3 is 2.14 bits per heavy atom. The summed E-state index contributed by atoms with van der Waals surface area (Å²) in [7, 11) is 0. The van der Waals surface area contributed by atoms with E-state index in [0.29, 0.717) is 6.42 Å². The van der Waals surface area contributed by atoms with E-state index < -0.39 is 0 Å². The second-order valence-corrected chi connectivity index (χ2v) is 6.68. The highest BCUT2D eigenvalue weighted by atomic mass is 16.1. The molecule has 0 radical (unpaired) electrons. The third kappa shape index (κ3) is 4.04. The number of carbonyl (C=O) groups is 1. The molecule has 0 aliphatic heterocycles. The van der Waals surface area contributed by atoms with Crippen LogP contribution in [0.25, 0.3) is 0 Å². The first kappa shape index (κ1) is 15.5. The van der Waals surface area contributed by atoms with Crippen LogP contribution in [0.5, 0.6) is 0 Å². The molecular weight excluding hydrogens is 256 g/mol. The van der Waals surface area contributed by atoms with Gasteiger partial charge in [0.15, 0.2) is 5.78 Å². The molecule has 1 nitrogen and oxygen atoms in total. The van der Waals surface area contributed by atoms with Gasteiger partial charge in [0.05, 0.1) is 0 Å². The molecule has 0 bridgehead atoms. The number of Topliss-reactive ketones (excluding diaryl/α,β-unsaturated/α-hetero) is 1. The molecule has 0 heterocycles. The van der Waals surface area contributed by atoms with Crippen molar-refractivity contribution < 1.29 is 4.79 Å². The van der Waals surface area contributed by atoms with Crippen molar-refractivity contribution in [3.05, 3.63) is 70.8 Å². The summed E-state index contributed by atoms with van der Waals surface area (Å²) in [5.74, 6) is 0.221. The van der Waals surface area contributed by atoms with E-state index >= 15 is 0 Å². The van der Waals surface area contributed by atoms with Gasteiger partial charge in [0, 0.05) is 12.0 Å². The van der Waals surface area contributed by atoms with E-state index in [9.17, 15) is 4.79 Å². The average molecular weight is 280 g/mol. The number of hydrogen-bond donors (Lipinski definition) is 0. The van der Waals surface area contributed by atoms with Gasteiger partial charge in [0.2, 0.25) is 0 Å². The Kier molecular flexibility index (Phi) is 4.62. The van der Waals surface area contributed by atoms with Gasteiger partial charge in [0.25, 0.3) is 0 Å². The molecule has 1 heteroatoms. The minimum Gasteiger partial charge on any atom is -0.294 e. The van der Waals surface area contributed by atoms with Crippen LogP contribution in [0.2, 0.25) is 0 Å². The molecule has 0 atom stereocenters. The van der Waals surface area contributed by atoms with Gasteiger partial charge in [-0.2, -0.15) is 0 Å². The lowest BCUT2D eigenvalue weighted by Crippen LogP contribution is -2.11. The standard InChI is InChI=1S/C20H24O/c1-15-7-5-6-8-16(15)11-14-19(21)17-9-12-18(13-10-17)20(2,3)4/h5-10,12-13H,11,14H2,1-4H3. The Morgan fingerprint density at radius 1 is 0.952 bits per heavy atom. The van der Waals surface area contributed by atoms with E-state index in [0.717, 1.165) is 12.0 Å². The lowest BCUT2D eigenvalue weighted by Gasteiger charge is -2.19. The van der Waals surface area contributed by atoms with Gasteiger partial charge in [-0.3, -0.25) is 4.79 Å². The lowest BCUT2D eigenvalue weighted by atomic mass is 9.86. The topological polar surface area (TPSA) is 17.1 Å². The van der Waals surface area contributed by atoms with E-state index in [-0.39, 0.29) is 11.2 Å². The SMILES string of the molecule is Cc1ccccc1CCC(=O)c1ccc(C(C)(C)C)cc1. The van der Waals surface area contributed by atoms with E-state index in [1.54, 1.807) is 0 Å². The van der Waals surface area contributed by atoms with Crippen LogP contribution < -0.4 is 0 Å². The molecule has 0 saturated heterocycles. The van der Waals surface area contributed by atoms with Crippen molar-refractivity contribution in [2.45, 2.75) is 46.0 Å². The average Bonchev–Trinajstić information content (AvgIpc) is 2.45. The molecule has 0 aliphatic carbocycles. The maximum absolute atomic E-state index is 12.3. The predicted molar refractivity (Wildman–Crippen MR) is 89.0 cm³/mol. The summed E-state index contributed by atoms with van der Waals surface area (Å²) in [6, 6.07) is 16.3. The van der Waals surface area contributed by atoms with Crippen LogP contribution in [0.3, 0.4) is 0 Å². The second-order valence-electron chi connectivity index (χ2n) is 6.68. The quantitative estimate of drug-likeness (QED) is 0.711. The molecule has 0 fully saturated rings. The molecule has 2 aromatic rings. The maximum atomic E-state index is 12.3. The van der Waals surface area contributed by atoms with Gasteiger partial charge in [0.1, 0.15) is 0 Å². The number of aryl methyl sites for hydroxylation is 2. The molecule has 0 aromatic heterocycles. The number of carbonyl (C=O) groups excluding carboxylic acids is 1. The van der Waals surface area contributed by atoms with Gasteiger partial charge in [-0.15, -0.1) is 0 Å². The van der Waals surface area contributed by atoms with Crippen molar-refractivity contribution in [3.63, 3.8) is 0 Å². The third-order valence-electron chi connectivity index (χ3n) is 3.96. The molecule has 0 amide bonds. The van der Waals surface area contributed by atoms with E-state index in [1.807, 2.05) is 24.3 Å². The van der Waals surface area contributed by atoms with Crippen LogP contribution in [0.15, 0.2) is 48.5 Å². The molecule has 2 aromatic carbocycles. The highest BCUT2D eigenvalue weighted by Gasteiger charge is 2.14. The van der Waals surface area contributed by atoms with Gasteiger partial charge in [-0.1, -0.05) is 69.3 Å². The third-order valence-corrected chi connectivity index (χ3v) is 3.96. The minimum atomic E-state index is 0.128. The first-order valence-corrected chi connectivity index (χ1v) is 7.56. The van der Waals surface area contributed by atoms with Gasteiger partial charge in [-0.25, -0.2) is 0 Å². The van der Waals surface area contributed by atoms with Crippen LogP contribution in [0, 0.1) is 6.92 Å². The van der Waals surface area contributed by atoms with Gasteiger partial charge >= 0.3 is 0 Å². The summed E-state index contributed by atoms with van der Waals surface area (Å²) >= 11 is 0. The van der Waals surface area contributed by atoms with Crippen molar-refractivity contribution in [1.82, 2.24) is 0 Å². The number of rotatable bonds is 4. The zero-order valence-corrected chi connectivity index (χ0v) is 13.4. The van der Waals surface area contributed by atoms with E-state index in [2.05, 4.69) is 52.0 Å². The van der Waals surface area contributed by atoms with Crippen molar-refractivity contribution in [2.75, 3.05) is 0 Å². The van der Waals surface area contributed by atoms with Crippen molar-refractivity contribution in [1.29, 1.82) is 0 Å². The summed E-state index contributed by atoms with van der Waals surface area (Å²) in [5, 5.41) is 0. The summed E-state index contributed by atoms with van der Waals surface area (Å²) in [6.07, 6.45) is 1.38. The van der Waals surface area contributed by atoms with Crippen LogP contribution in [-0.4, -0.2) is 5.78 Å². The van der Waals surface area contributed by atoms with Crippen LogP contribution in [0.1, 0.15) is 54.2 Å². The Bertz CT molecular complexity index is 615. The second kappa shape index (κ2) is 6.26. The first-order chi connectivity index (χ1) is 9.88. The Hall–Kier alpha value is -1.89. The number of ketones is 1. The lowest BCUT2D eigenvalue weighted by molar-refractivity contribution is 0.0983. The predicted octanol–water partition coefficient (Wildman–Crippen LogP) is 5.11. The molecule has 0 N–H and O–H groups in total. The fourth-order valence-corrected chi connectivity index (χ4v) is 2.44. The molecule has 0 spiro atoms. The largest absolute Gasteiger partial charge is 0.294 e. The number of hydrogen-bond acceptors (Lipinski definition) is 1. The Balaban J connectivity index is 2.03. The van der Waals surface area contributed by atoms with Crippen LogP contribution in [-0.2, 0) is 11.8 Å². The van der Waals surface area contributed by atoms with Crippen LogP contribution >= 0.6 is 0 Å². The fourth-order valence-electron chi connectivity index (χ4n) is 2.44. The van der Waals surface area contributed by atoms with Gasteiger partial charge in [-0.05, 0) is 35.4 Å². The van der Waals surface area contributed by atoms with Crippen molar-refractivity contribution in [2.24, 2.45) is 0 Å². The van der Waals surface area contributed by atoms with Crippen LogP contribution in [0.4, 0.5) is 0 Å². The van der Waals surface area contributed by atoms with Gasteiger partial charge < -0.3 is 0 Å². The fraction of sp³-hybridized carbons (Fsp3) is 0.350.